The smallest absolute Gasteiger partial charge is 0.279 e. The molecule has 0 spiro atoms. The zero-order valence-electron chi connectivity index (χ0n) is 16.4. The van der Waals surface area contributed by atoms with E-state index in [0.29, 0.717) is 6.54 Å². The van der Waals surface area contributed by atoms with E-state index >= 15 is 0 Å². The summed E-state index contributed by atoms with van der Waals surface area (Å²) >= 11 is 1.68. The first-order valence-electron chi connectivity index (χ1n) is 10.3. The van der Waals surface area contributed by atoms with Crippen LogP contribution in [-0.4, -0.2) is 49.4 Å². The quantitative estimate of drug-likeness (QED) is 0.807. The Morgan fingerprint density at radius 1 is 1.18 bits per heavy atom. The standard InChI is InChI=1S/C22H27N3O2S/c1-2-16-6-3-4-8-18(16)23-21(26)15-24-10-12-25(13-11-24)22(27)20-14-17-7-5-9-19(17)28-20/h3-4,6,8,14H,2,5,7,9-13,15H2,1H3,(H,23,26)/p+1. The molecule has 1 fully saturated rings. The molecule has 2 heterocycles. The van der Waals surface area contributed by atoms with E-state index in [9.17, 15) is 9.59 Å². The van der Waals surface area contributed by atoms with Crippen LogP contribution in [0.4, 0.5) is 5.69 Å². The molecule has 1 aliphatic heterocycles. The van der Waals surface area contributed by atoms with Crippen molar-refractivity contribution in [3.05, 3.63) is 51.2 Å². The Balaban J connectivity index is 1.28. The van der Waals surface area contributed by atoms with Gasteiger partial charge in [-0.1, -0.05) is 25.1 Å². The Kier molecular flexibility index (Phi) is 5.78. The van der Waals surface area contributed by atoms with Crippen LogP contribution in [0, 0.1) is 0 Å². The van der Waals surface area contributed by atoms with Crippen molar-refractivity contribution in [1.82, 2.24) is 4.90 Å². The second kappa shape index (κ2) is 8.45. The van der Waals surface area contributed by atoms with E-state index in [1.165, 1.54) is 21.8 Å². The maximum Gasteiger partial charge on any atom is 0.279 e. The van der Waals surface area contributed by atoms with Crippen LogP contribution in [0.5, 0.6) is 0 Å². The third-order valence-electron chi connectivity index (χ3n) is 5.80. The minimum Gasteiger partial charge on any atom is -0.327 e. The Hall–Kier alpha value is -2.18. The van der Waals surface area contributed by atoms with Crippen LogP contribution in [0.2, 0.25) is 0 Å². The van der Waals surface area contributed by atoms with Crippen molar-refractivity contribution in [2.45, 2.75) is 32.6 Å². The average molecular weight is 399 g/mol. The molecule has 28 heavy (non-hydrogen) atoms. The Bertz CT molecular complexity index is 847. The number of hydrogen-bond acceptors (Lipinski definition) is 3. The van der Waals surface area contributed by atoms with E-state index in [1.807, 2.05) is 29.2 Å². The van der Waals surface area contributed by atoms with E-state index in [0.717, 1.165) is 61.6 Å². The van der Waals surface area contributed by atoms with Gasteiger partial charge in [0.05, 0.1) is 31.1 Å². The van der Waals surface area contributed by atoms with Gasteiger partial charge >= 0.3 is 0 Å². The molecule has 0 saturated carbocycles. The SMILES string of the molecule is CCc1ccccc1NC(=O)C[NH+]1CCN(C(=O)c2cc3c(s2)CCC3)CC1. The number of carbonyl (C=O) groups excluding carboxylic acids is 2. The molecular weight excluding hydrogens is 370 g/mol. The molecule has 6 heteroatoms. The van der Waals surface area contributed by atoms with Crippen molar-refractivity contribution in [3.63, 3.8) is 0 Å². The summed E-state index contributed by atoms with van der Waals surface area (Å²) < 4.78 is 0. The molecule has 2 aliphatic rings. The van der Waals surface area contributed by atoms with Gasteiger partial charge in [-0.15, -0.1) is 11.3 Å². The lowest BCUT2D eigenvalue weighted by molar-refractivity contribution is -0.895. The molecule has 1 aliphatic carbocycles. The van der Waals surface area contributed by atoms with Gasteiger partial charge < -0.3 is 15.1 Å². The highest BCUT2D eigenvalue weighted by Gasteiger charge is 2.28. The van der Waals surface area contributed by atoms with Crippen LogP contribution < -0.4 is 10.2 Å². The molecule has 0 radical (unpaired) electrons. The number of nitrogens with one attached hydrogen (secondary N) is 2. The summed E-state index contributed by atoms with van der Waals surface area (Å²) in [6, 6.07) is 10.1. The normalized spacial score (nSPS) is 16.8. The minimum atomic E-state index is 0.0466. The third kappa shape index (κ3) is 4.13. The molecule has 2 amide bonds. The van der Waals surface area contributed by atoms with E-state index in [-0.39, 0.29) is 11.8 Å². The first-order valence-corrected chi connectivity index (χ1v) is 11.1. The minimum absolute atomic E-state index is 0.0466. The van der Waals surface area contributed by atoms with E-state index in [2.05, 4.69) is 18.3 Å². The molecule has 0 unspecified atom stereocenters. The largest absolute Gasteiger partial charge is 0.327 e. The first-order chi connectivity index (χ1) is 13.6. The number of amides is 2. The molecule has 2 aromatic rings. The molecule has 2 N–H and O–H groups in total. The van der Waals surface area contributed by atoms with Gasteiger partial charge in [-0.2, -0.15) is 0 Å². The molecule has 1 saturated heterocycles. The van der Waals surface area contributed by atoms with Crippen molar-refractivity contribution < 1.29 is 14.5 Å². The molecular formula is C22H28N3O2S+. The van der Waals surface area contributed by atoms with Crippen LogP contribution in [0.15, 0.2) is 30.3 Å². The van der Waals surface area contributed by atoms with Gasteiger partial charge in [-0.3, -0.25) is 9.59 Å². The zero-order valence-corrected chi connectivity index (χ0v) is 17.2. The average Bonchev–Trinajstić information content (AvgIpc) is 3.30. The van der Waals surface area contributed by atoms with E-state index < -0.39 is 0 Å². The predicted molar refractivity (Wildman–Crippen MR) is 112 cm³/mol. The van der Waals surface area contributed by atoms with Crippen molar-refractivity contribution >= 4 is 28.8 Å². The molecule has 0 atom stereocenters. The highest BCUT2D eigenvalue weighted by atomic mass is 32.1. The monoisotopic (exact) mass is 398 g/mol. The molecule has 4 rings (SSSR count). The number of piperazine rings is 1. The maximum atomic E-state index is 12.8. The number of hydrogen-bond donors (Lipinski definition) is 2. The number of nitrogens with zero attached hydrogens (tertiary/aromatic N) is 1. The van der Waals surface area contributed by atoms with Crippen molar-refractivity contribution in [1.29, 1.82) is 0 Å². The fourth-order valence-corrected chi connectivity index (χ4v) is 5.39. The lowest BCUT2D eigenvalue weighted by Crippen LogP contribution is -3.15. The topological polar surface area (TPSA) is 53.9 Å². The number of para-hydroxylation sites is 1. The fourth-order valence-electron chi connectivity index (χ4n) is 4.17. The summed E-state index contributed by atoms with van der Waals surface area (Å²) in [6.07, 6.45) is 4.37. The van der Waals surface area contributed by atoms with Gasteiger partial charge in [-0.05, 0) is 48.9 Å². The summed E-state index contributed by atoms with van der Waals surface area (Å²) in [5, 5.41) is 3.05. The molecule has 0 bridgehead atoms. The number of quaternary nitrogens is 1. The van der Waals surface area contributed by atoms with Crippen LogP contribution in [0.1, 0.15) is 39.0 Å². The summed E-state index contributed by atoms with van der Waals surface area (Å²) in [5.41, 5.74) is 3.44. The number of anilines is 1. The van der Waals surface area contributed by atoms with Crippen LogP contribution in [0.3, 0.4) is 0 Å². The molecule has 1 aromatic carbocycles. The fraction of sp³-hybridized carbons (Fsp3) is 0.455. The van der Waals surface area contributed by atoms with Gasteiger partial charge in [-0.25, -0.2) is 0 Å². The van der Waals surface area contributed by atoms with Crippen LogP contribution in [0.25, 0.3) is 0 Å². The number of carbonyl (C=O) groups is 2. The van der Waals surface area contributed by atoms with Gasteiger partial charge in [0.25, 0.3) is 11.8 Å². The van der Waals surface area contributed by atoms with Crippen LogP contribution >= 0.6 is 11.3 Å². The summed E-state index contributed by atoms with van der Waals surface area (Å²) in [5.74, 6) is 0.213. The second-order valence-corrected chi connectivity index (χ2v) is 8.83. The first kappa shape index (κ1) is 19.2. The number of rotatable bonds is 5. The molecule has 148 valence electrons. The zero-order chi connectivity index (χ0) is 19.5. The second-order valence-electron chi connectivity index (χ2n) is 7.69. The van der Waals surface area contributed by atoms with Crippen molar-refractivity contribution in [2.75, 3.05) is 38.0 Å². The lowest BCUT2D eigenvalue weighted by Gasteiger charge is -2.31. The Labute approximate surface area is 170 Å². The highest BCUT2D eigenvalue weighted by molar-refractivity contribution is 7.14. The lowest BCUT2D eigenvalue weighted by atomic mass is 10.1. The predicted octanol–water partition coefficient (Wildman–Crippen LogP) is 1.78. The summed E-state index contributed by atoms with van der Waals surface area (Å²) in [7, 11) is 0. The molecule has 1 aromatic heterocycles. The Morgan fingerprint density at radius 3 is 2.71 bits per heavy atom. The number of thiophene rings is 1. The highest BCUT2D eigenvalue weighted by Crippen LogP contribution is 2.31. The third-order valence-corrected chi connectivity index (χ3v) is 7.02. The van der Waals surface area contributed by atoms with Crippen molar-refractivity contribution in [3.8, 4) is 0 Å². The summed E-state index contributed by atoms with van der Waals surface area (Å²) in [6.45, 7) is 5.62. The Morgan fingerprint density at radius 2 is 1.96 bits per heavy atom. The van der Waals surface area contributed by atoms with E-state index in [4.69, 9.17) is 0 Å². The van der Waals surface area contributed by atoms with Gasteiger partial charge in [0.15, 0.2) is 6.54 Å². The van der Waals surface area contributed by atoms with Gasteiger partial charge in [0.1, 0.15) is 0 Å². The van der Waals surface area contributed by atoms with Crippen LogP contribution in [-0.2, 0) is 24.1 Å². The number of fused-ring (bicyclic) bond motifs is 1. The van der Waals surface area contributed by atoms with Gasteiger partial charge in [0.2, 0.25) is 0 Å². The summed E-state index contributed by atoms with van der Waals surface area (Å²) in [4.78, 5) is 30.7. The number of aryl methyl sites for hydroxylation is 3. The number of benzene rings is 1. The maximum absolute atomic E-state index is 12.8. The molecule has 5 nitrogen and oxygen atoms in total. The van der Waals surface area contributed by atoms with Crippen molar-refractivity contribution in [2.24, 2.45) is 0 Å². The van der Waals surface area contributed by atoms with E-state index in [1.54, 1.807) is 11.3 Å². The van der Waals surface area contributed by atoms with Gasteiger partial charge in [0, 0.05) is 10.6 Å².